The number of hydrogen-bond acceptors (Lipinski definition) is 2. The van der Waals surface area contributed by atoms with E-state index in [1.54, 1.807) is 0 Å². The van der Waals surface area contributed by atoms with Crippen molar-refractivity contribution in [3.8, 4) is 0 Å². The van der Waals surface area contributed by atoms with Gasteiger partial charge in [0.1, 0.15) is 11.6 Å². The Balaban J connectivity index is 1.38. The maximum Gasteiger partial charge on any atom is 0.139 e. The average molecular weight is 328 g/mol. The Morgan fingerprint density at radius 3 is 1.33 bits per heavy atom. The van der Waals surface area contributed by atoms with Crippen molar-refractivity contribution in [2.45, 2.75) is 77.0 Å². The van der Waals surface area contributed by atoms with Gasteiger partial charge in [-0.2, -0.15) is 0 Å². The van der Waals surface area contributed by atoms with Crippen molar-refractivity contribution in [2.24, 2.45) is 47.3 Å². The molecule has 0 aromatic carbocycles. The standard InChI is InChI=1S/C22H32O2/c23-21-17-7-3-1-5-13(17)9-15-11-20-16(12-19(15)21)10-14-6-2-4-8-18(14)22(20)24/h13-20H,1-12H2. The normalized spacial score (nSPS) is 51.2. The molecule has 0 radical (unpaired) electrons. The first-order valence-corrected chi connectivity index (χ1v) is 10.8. The Kier molecular flexibility index (Phi) is 3.87. The summed E-state index contributed by atoms with van der Waals surface area (Å²) in [5, 5.41) is 0. The van der Waals surface area contributed by atoms with Crippen molar-refractivity contribution in [3.05, 3.63) is 0 Å². The van der Waals surface area contributed by atoms with Gasteiger partial charge >= 0.3 is 0 Å². The number of rotatable bonds is 0. The Labute approximate surface area is 146 Å². The minimum atomic E-state index is 0.318. The maximum atomic E-state index is 13.1. The van der Waals surface area contributed by atoms with E-state index in [1.165, 1.54) is 51.4 Å². The van der Waals surface area contributed by atoms with E-state index in [0.717, 1.165) is 25.7 Å². The Morgan fingerprint density at radius 1 is 0.458 bits per heavy atom. The highest BCUT2D eigenvalue weighted by atomic mass is 16.1. The van der Waals surface area contributed by atoms with Crippen molar-refractivity contribution in [2.75, 3.05) is 0 Å². The molecule has 0 spiro atoms. The smallest absolute Gasteiger partial charge is 0.139 e. The molecular weight excluding hydrogens is 296 g/mol. The fraction of sp³-hybridized carbons (Fsp3) is 0.909. The third kappa shape index (κ3) is 2.35. The molecule has 24 heavy (non-hydrogen) atoms. The number of carbonyl (C=O) groups excluding carboxylic acids is 2. The van der Waals surface area contributed by atoms with E-state index >= 15 is 0 Å². The van der Waals surface area contributed by atoms with E-state index in [0.29, 0.717) is 58.9 Å². The lowest BCUT2D eigenvalue weighted by molar-refractivity contribution is -0.150. The van der Waals surface area contributed by atoms with Gasteiger partial charge in [-0.25, -0.2) is 0 Å². The van der Waals surface area contributed by atoms with Gasteiger partial charge in [-0.05, 0) is 75.0 Å². The second-order valence-corrected chi connectivity index (χ2v) is 9.78. The molecule has 0 N–H and O–H groups in total. The van der Waals surface area contributed by atoms with E-state index in [4.69, 9.17) is 0 Å². The van der Waals surface area contributed by atoms with Crippen LogP contribution in [0.25, 0.3) is 0 Å². The minimum absolute atomic E-state index is 0.318. The summed E-state index contributed by atoms with van der Waals surface area (Å²) in [6.45, 7) is 0. The molecule has 5 aliphatic carbocycles. The summed E-state index contributed by atoms with van der Waals surface area (Å²) in [7, 11) is 0. The van der Waals surface area contributed by atoms with Crippen LogP contribution >= 0.6 is 0 Å². The summed E-state index contributed by atoms with van der Waals surface area (Å²) in [5.41, 5.74) is 0. The van der Waals surface area contributed by atoms with Crippen LogP contribution in [0.2, 0.25) is 0 Å². The zero-order valence-electron chi connectivity index (χ0n) is 14.9. The first-order chi connectivity index (χ1) is 11.7. The first-order valence-electron chi connectivity index (χ1n) is 10.8. The van der Waals surface area contributed by atoms with Crippen LogP contribution in [0.15, 0.2) is 0 Å². The summed E-state index contributed by atoms with van der Waals surface area (Å²) < 4.78 is 0. The maximum absolute atomic E-state index is 13.1. The molecule has 132 valence electrons. The van der Waals surface area contributed by atoms with Gasteiger partial charge in [-0.1, -0.05) is 25.7 Å². The number of hydrogen-bond donors (Lipinski definition) is 0. The van der Waals surface area contributed by atoms with Crippen molar-refractivity contribution in [3.63, 3.8) is 0 Å². The van der Waals surface area contributed by atoms with Crippen molar-refractivity contribution < 1.29 is 9.59 Å². The summed E-state index contributed by atoms with van der Waals surface area (Å²) in [6.07, 6.45) is 14.7. The molecule has 0 bridgehead atoms. The van der Waals surface area contributed by atoms with Gasteiger partial charge in [-0.3, -0.25) is 9.59 Å². The van der Waals surface area contributed by atoms with Gasteiger partial charge < -0.3 is 0 Å². The highest BCUT2D eigenvalue weighted by Gasteiger charge is 2.53. The van der Waals surface area contributed by atoms with E-state index in [-0.39, 0.29) is 0 Å². The second-order valence-electron chi connectivity index (χ2n) is 9.78. The minimum Gasteiger partial charge on any atom is -0.299 e. The monoisotopic (exact) mass is 328 g/mol. The molecule has 2 heteroatoms. The van der Waals surface area contributed by atoms with E-state index in [1.807, 2.05) is 0 Å². The van der Waals surface area contributed by atoms with Gasteiger partial charge in [0.2, 0.25) is 0 Å². The molecule has 0 aromatic heterocycles. The molecule has 5 fully saturated rings. The highest BCUT2D eigenvalue weighted by molar-refractivity contribution is 5.87. The molecule has 0 heterocycles. The SMILES string of the molecule is O=C1C2CCCCC2CC2CC3C(=O)C4CCCCC4CC3CC12. The van der Waals surface area contributed by atoms with Gasteiger partial charge in [0, 0.05) is 23.7 Å². The van der Waals surface area contributed by atoms with Crippen LogP contribution in [-0.2, 0) is 9.59 Å². The summed E-state index contributed by atoms with van der Waals surface area (Å²) in [5.74, 6) is 5.05. The number of ketones is 2. The molecule has 5 saturated carbocycles. The first kappa shape index (κ1) is 15.6. The fourth-order valence-electron chi connectivity index (χ4n) is 7.64. The Morgan fingerprint density at radius 2 is 0.875 bits per heavy atom. The predicted octanol–water partition coefficient (Wildman–Crippen LogP) is 4.80. The number of carbonyl (C=O) groups is 2. The molecule has 5 aliphatic rings. The number of fused-ring (bicyclic) bond motifs is 4. The summed E-state index contributed by atoms with van der Waals surface area (Å²) >= 11 is 0. The quantitative estimate of drug-likeness (QED) is 0.640. The molecule has 0 aliphatic heterocycles. The topological polar surface area (TPSA) is 34.1 Å². The zero-order chi connectivity index (χ0) is 16.3. The molecule has 0 saturated heterocycles. The van der Waals surface area contributed by atoms with Gasteiger partial charge in [0.15, 0.2) is 0 Å². The van der Waals surface area contributed by atoms with Crippen LogP contribution < -0.4 is 0 Å². The third-order valence-corrected chi connectivity index (χ3v) is 8.74. The van der Waals surface area contributed by atoms with Crippen LogP contribution in [0, 0.1) is 47.3 Å². The van der Waals surface area contributed by atoms with Gasteiger partial charge in [0.05, 0.1) is 0 Å². The average Bonchev–Trinajstić information content (AvgIpc) is 2.62. The van der Waals surface area contributed by atoms with Gasteiger partial charge in [-0.15, -0.1) is 0 Å². The largest absolute Gasteiger partial charge is 0.299 e. The van der Waals surface area contributed by atoms with Crippen molar-refractivity contribution >= 4 is 11.6 Å². The van der Waals surface area contributed by atoms with Crippen LogP contribution in [0.3, 0.4) is 0 Å². The van der Waals surface area contributed by atoms with Gasteiger partial charge in [0.25, 0.3) is 0 Å². The van der Waals surface area contributed by atoms with Crippen LogP contribution in [0.5, 0.6) is 0 Å². The third-order valence-electron chi connectivity index (χ3n) is 8.74. The highest BCUT2D eigenvalue weighted by Crippen LogP contribution is 2.55. The van der Waals surface area contributed by atoms with Crippen LogP contribution in [0.1, 0.15) is 77.0 Å². The molecule has 2 nitrogen and oxygen atoms in total. The molecule has 0 aromatic rings. The molecule has 5 rings (SSSR count). The van der Waals surface area contributed by atoms with Crippen LogP contribution in [0.4, 0.5) is 0 Å². The molecular formula is C22H32O2. The summed E-state index contributed by atoms with van der Waals surface area (Å²) in [4.78, 5) is 26.3. The Bertz CT molecular complexity index is 490. The molecule has 0 amide bonds. The van der Waals surface area contributed by atoms with Crippen molar-refractivity contribution in [1.82, 2.24) is 0 Å². The summed E-state index contributed by atoms with van der Waals surface area (Å²) in [6, 6.07) is 0. The predicted molar refractivity (Wildman–Crippen MR) is 93.3 cm³/mol. The van der Waals surface area contributed by atoms with Crippen LogP contribution in [-0.4, -0.2) is 11.6 Å². The number of Topliss-reactive ketones (excluding diaryl/α,β-unsaturated/α-hetero) is 2. The lowest BCUT2D eigenvalue weighted by Gasteiger charge is -2.52. The Hall–Kier alpha value is -0.660. The zero-order valence-corrected chi connectivity index (χ0v) is 14.9. The van der Waals surface area contributed by atoms with Crippen molar-refractivity contribution in [1.29, 1.82) is 0 Å². The lowest BCUT2D eigenvalue weighted by Crippen LogP contribution is -2.51. The second kappa shape index (κ2) is 5.95. The fourth-order valence-corrected chi connectivity index (χ4v) is 7.64. The van der Waals surface area contributed by atoms with E-state index in [2.05, 4.69) is 0 Å². The van der Waals surface area contributed by atoms with E-state index < -0.39 is 0 Å². The molecule has 8 unspecified atom stereocenters. The molecule has 8 atom stereocenters. The lowest BCUT2D eigenvalue weighted by atomic mass is 9.51. The van der Waals surface area contributed by atoms with E-state index in [9.17, 15) is 9.59 Å².